The molecule has 0 unspecified atom stereocenters. The van der Waals surface area contributed by atoms with Gasteiger partial charge in [0.05, 0.1) is 0 Å². The lowest BCUT2D eigenvalue weighted by molar-refractivity contribution is 0.336. The highest BCUT2D eigenvalue weighted by molar-refractivity contribution is 4.95. The van der Waals surface area contributed by atoms with Crippen LogP contribution in [0, 0.1) is 5.41 Å². The molecule has 0 aliphatic carbocycles. The second kappa shape index (κ2) is 3.80. The fraction of sp³-hybridized carbons (Fsp3) is 0.800. The summed E-state index contributed by atoms with van der Waals surface area (Å²) >= 11 is 0. The molecule has 0 aromatic heterocycles. The summed E-state index contributed by atoms with van der Waals surface area (Å²) in [6, 6.07) is 0. The SMILES string of the molecule is C=C(CC(C)(C)C)N(C)CC. The van der Waals surface area contributed by atoms with E-state index in [0.29, 0.717) is 5.41 Å². The topological polar surface area (TPSA) is 3.24 Å². The zero-order chi connectivity index (χ0) is 9.07. The predicted molar refractivity (Wildman–Crippen MR) is 51.5 cm³/mol. The fourth-order valence-electron chi connectivity index (χ4n) is 0.971. The Bertz CT molecular complexity index is 130. The molecule has 0 aliphatic rings. The van der Waals surface area contributed by atoms with Gasteiger partial charge in [-0.1, -0.05) is 27.4 Å². The van der Waals surface area contributed by atoms with Crippen LogP contribution >= 0.6 is 0 Å². The molecule has 1 heteroatoms. The Kier molecular flexibility index (Phi) is 3.64. The molecule has 0 amide bonds. The highest BCUT2D eigenvalue weighted by Gasteiger charge is 2.13. The van der Waals surface area contributed by atoms with Gasteiger partial charge in [-0.15, -0.1) is 0 Å². The Morgan fingerprint density at radius 1 is 1.36 bits per heavy atom. The van der Waals surface area contributed by atoms with Crippen LogP contribution in [0.5, 0.6) is 0 Å². The number of allylic oxidation sites excluding steroid dienone is 1. The highest BCUT2D eigenvalue weighted by atomic mass is 15.1. The minimum absolute atomic E-state index is 0.362. The van der Waals surface area contributed by atoms with E-state index in [2.05, 4.69) is 46.2 Å². The van der Waals surface area contributed by atoms with Crippen molar-refractivity contribution in [1.82, 2.24) is 4.90 Å². The fourth-order valence-corrected chi connectivity index (χ4v) is 0.971. The Morgan fingerprint density at radius 2 is 1.82 bits per heavy atom. The quantitative estimate of drug-likeness (QED) is 0.605. The van der Waals surface area contributed by atoms with Crippen LogP contribution in [0.15, 0.2) is 12.3 Å². The van der Waals surface area contributed by atoms with Crippen LogP contribution in [-0.4, -0.2) is 18.5 Å². The summed E-state index contributed by atoms with van der Waals surface area (Å²) in [5.74, 6) is 0. The molecule has 11 heavy (non-hydrogen) atoms. The van der Waals surface area contributed by atoms with Crippen LogP contribution < -0.4 is 0 Å². The molecule has 1 nitrogen and oxygen atoms in total. The van der Waals surface area contributed by atoms with Crippen LogP contribution in [0.4, 0.5) is 0 Å². The lowest BCUT2D eigenvalue weighted by atomic mass is 9.90. The molecule has 0 N–H and O–H groups in total. The van der Waals surface area contributed by atoms with E-state index in [1.165, 1.54) is 5.70 Å². The predicted octanol–water partition coefficient (Wildman–Crippen LogP) is 2.89. The van der Waals surface area contributed by atoms with E-state index in [9.17, 15) is 0 Å². The zero-order valence-corrected chi connectivity index (χ0v) is 8.57. The standard InChI is InChI=1S/C10H21N/c1-7-11(6)9(2)8-10(3,4)5/h2,7-8H2,1,3-6H3. The second-order valence-corrected chi connectivity index (χ2v) is 4.32. The van der Waals surface area contributed by atoms with E-state index in [1.54, 1.807) is 0 Å². The van der Waals surface area contributed by atoms with E-state index in [1.807, 2.05) is 0 Å². The maximum absolute atomic E-state index is 4.04. The second-order valence-electron chi connectivity index (χ2n) is 4.32. The normalized spacial score (nSPS) is 11.4. The van der Waals surface area contributed by atoms with Gasteiger partial charge in [-0.25, -0.2) is 0 Å². The Morgan fingerprint density at radius 3 is 2.09 bits per heavy atom. The molecule has 0 saturated heterocycles. The molecule has 0 fully saturated rings. The van der Waals surface area contributed by atoms with Gasteiger partial charge >= 0.3 is 0 Å². The summed E-state index contributed by atoms with van der Waals surface area (Å²) in [7, 11) is 2.09. The molecular formula is C10H21N. The maximum Gasteiger partial charge on any atom is 0.0143 e. The zero-order valence-electron chi connectivity index (χ0n) is 8.57. The molecule has 0 heterocycles. The lowest BCUT2D eigenvalue weighted by Gasteiger charge is -2.26. The van der Waals surface area contributed by atoms with Crippen molar-refractivity contribution >= 4 is 0 Å². The van der Waals surface area contributed by atoms with E-state index in [0.717, 1.165) is 13.0 Å². The van der Waals surface area contributed by atoms with Gasteiger partial charge in [-0.2, -0.15) is 0 Å². The van der Waals surface area contributed by atoms with E-state index in [-0.39, 0.29) is 0 Å². The van der Waals surface area contributed by atoms with Gasteiger partial charge in [0.1, 0.15) is 0 Å². The first kappa shape index (κ1) is 10.5. The number of nitrogens with zero attached hydrogens (tertiary/aromatic N) is 1. The van der Waals surface area contributed by atoms with Gasteiger partial charge in [-0.3, -0.25) is 0 Å². The third kappa shape index (κ3) is 4.88. The molecule has 0 aliphatic heterocycles. The van der Waals surface area contributed by atoms with Crippen molar-refractivity contribution in [2.24, 2.45) is 5.41 Å². The summed E-state index contributed by atoms with van der Waals surface area (Å²) < 4.78 is 0. The molecule has 0 atom stereocenters. The average molecular weight is 155 g/mol. The van der Waals surface area contributed by atoms with Crippen LogP contribution in [0.25, 0.3) is 0 Å². The molecule has 0 spiro atoms. The number of rotatable bonds is 3. The minimum atomic E-state index is 0.362. The third-order valence-electron chi connectivity index (χ3n) is 1.75. The van der Waals surface area contributed by atoms with Crippen LogP contribution in [-0.2, 0) is 0 Å². The molecule has 66 valence electrons. The van der Waals surface area contributed by atoms with Crippen molar-refractivity contribution in [3.05, 3.63) is 12.3 Å². The van der Waals surface area contributed by atoms with Gasteiger partial charge in [0.15, 0.2) is 0 Å². The average Bonchev–Trinajstić information content (AvgIpc) is 1.82. The summed E-state index contributed by atoms with van der Waals surface area (Å²) in [6.07, 6.45) is 1.08. The molecule has 0 rings (SSSR count). The molecule has 0 bridgehead atoms. The molecule has 0 aromatic rings. The summed E-state index contributed by atoms with van der Waals surface area (Å²) in [6.45, 7) is 13.9. The Labute approximate surface area is 71.1 Å². The van der Waals surface area contributed by atoms with Crippen molar-refractivity contribution in [3.63, 3.8) is 0 Å². The largest absolute Gasteiger partial charge is 0.379 e. The van der Waals surface area contributed by atoms with Crippen molar-refractivity contribution in [1.29, 1.82) is 0 Å². The Balaban J connectivity index is 3.88. The molecule has 0 aromatic carbocycles. The summed E-state index contributed by atoms with van der Waals surface area (Å²) in [5.41, 5.74) is 1.60. The van der Waals surface area contributed by atoms with E-state index in [4.69, 9.17) is 0 Å². The van der Waals surface area contributed by atoms with Crippen LogP contribution in [0.2, 0.25) is 0 Å². The van der Waals surface area contributed by atoms with Gasteiger partial charge in [-0.05, 0) is 18.8 Å². The van der Waals surface area contributed by atoms with E-state index >= 15 is 0 Å². The van der Waals surface area contributed by atoms with Crippen molar-refractivity contribution in [2.75, 3.05) is 13.6 Å². The van der Waals surface area contributed by atoms with Gasteiger partial charge < -0.3 is 4.90 Å². The maximum atomic E-state index is 4.04. The third-order valence-corrected chi connectivity index (χ3v) is 1.75. The van der Waals surface area contributed by atoms with Gasteiger partial charge in [0, 0.05) is 19.3 Å². The number of hydrogen-bond donors (Lipinski definition) is 0. The molecule has 0 saturated carbocycles. The highest BCUT2D eigenvalue weighted by Crippen LogP contribution is 2.23. The van der Waals surface area contributed by atoms with E-state index < -0.39 is 0 Å². The van der Waals surface area contributed by atoms with Crippen molar-refractivity contribution < 1.29 is 0 Å². The monoisotopic (exact) mass is 155 g/mol. The van der Waals surface area contributed by atoms with Crippen molar-refractivity contribution in [3.8, 4) is 0 Å². The molecular weight excluding hydrogens is 134 g/mol. The first-order chi connectivity index (χ1) is 4.87. The first-order valence-electron chi connectivity index (χ1n) is 4.25. The van der Waals surface area contributed by atoms with Crippen molar-refractivity contribution in [2.45, 2.75) is 34.1 Å². The smallest absolute Gasteiger partial charge is 0.0143 e. The van der Waals surface area contributed by atoms with Crippen LogP contribution in [0.3, 0.4) is 0 Å². The Hall–Kier alpha value is -0.460. The summed E-state index contributed by atoms with van der Waals surface area (Å²) in [4.78, 5) is 2.20. The molecule has 0 radical (unpaired) electrons. The first-order valence-corrected chi connectivity index (χ1v) is 4.25. The van der Waals surface area contributed by atoms with Gasteiger partial charge in [0.2, 0.25) is 0 Å². The lowest BCUT2D eigenvalue weighted by Crippen LogP contribution is -2.20. The minimum Gasteiger partial charge on any atom is -0.379 e. The number of hydrogen-bond acceptors (Lipinski definition) is 1. The summed E-state index contributed by atoms with van der Waals surface area (Å²) in [5, 5.41) is 0. The van der Waals surface area contributed by atoms with Gasteiger partial charge in [0.25, 0.3) is 0 Å². The van der Waals surface area contributed by atoms with Crippen LogP contribution in [0.1, 0.15) is 34.1 Å².